The molecule has 0 radical (unpaired) electrons. The quantitative estimate of drug-likeness (QED) is 0.687. The Labute approximate surface area is 159 Å². The summed E-state index contributed by atoms with van der Waals surface area (Å²) in [6, 6.07) is 6.34. The van der Waals surface area contributed by atoms with Gasteiger partial charge in [-0.2, -0.15) is 0 Å². The third-order valence-corrected chi connectivity index (χ3v) is 5.84. The molecule has 0 saturated carbocycles. The van der Waals surface area contributed by atoms with Gasteiger partial charge in [-0.05, 0) is 24.3 Å². The molecular weight excluding hydrogens is 401 g/mol. The molecule has 0 unspecified atom stereocenters. The molecule has 8 heteroatoms. The minimum atomic E-state index is -0.345. The number of benzene rings is 1. The van der Waals surface area contributed by atoms with Gasteiger partial charge < -0.3 is 5.32 Å². The van der Waals surface area contributed by atoms with Crippen LogP contribution >= 0.6 is 58.5 Å². The van der Waals surface area contributed by atoms with Crippen LogP contribution < -0.4 is 5.32 Å². The maximum absolute atomic E-state index is 14.5. The number of hydrogen-bond acceptors (Lipinski definition) is 3. The molecule has 1 N–H and O–H groups in total. The van der Waals surface area contributed by atoms with Crippen LogP contribution in [0.5, 0.6) is 0 Å². The van der Waals surface area contributed by atoms with Crippen molar-refractivity contribution >= 4 is 58.5 Å². The monoisotopic (exact) mass is 414 g/mol. The van der Waals surface area contributed by atoms with Crippen LogP contribution in [0, 0.1) is 5.82 Å². The van der Waals surface area contributed by atoms with Crippen LogP contribution in [0.15, 0.2) is 24.3 Å². The molecule has 0 amide bonds. The third kappa shape index (κ3) is 4.13. The van der Waals surface area contributed by atoms with Gasteiger partial charge in [0, 0.05) is 36.6 Å². The average Bonchev–Trinajstić information content (AvgIpc) is 2.94. The zero-order valence-corrected chi connectivity index (χ0v) is 15.9. The summed E-state index contributed by atoms with van der Waals surface area (Å²) in [5, 5.41) is 3.94. The van der Waals surface area contributed by atoms with E-state index < -0.39 is 0 Å². The molecular formula is C15H15Cl4FN2S. The summed E-state index contributed by atoms with van der Waals surface area (Å²) in [6.07, 6.45) is 0. The Morgan fingerprint density at radius 3 is 2.39 bits per heavy atom. The van der Waals surface area contributed by atoms with E-state index in [0.29, 0.717) is 14.9 Å². The van der Waals surface area contributed by atoms with E-state index >= 15 is 0 Å². The van der Waals surface area contributed by atoms with Crippen molar-refractivity contribution in [1.82, 2.24) is 10.2 Å². The van der Waals surface area contributed by atoms with E-state index in [1.54, 1.807) is 0 Å². The van der Waals surface area contributed by atoms with E-state index in [1.807, 2.05) is 12.1 Å². The van der Waals surface area contributed by atoms with Gasteiger partial charge in [0.15, 0.2) is 0 Å². The van der Waals surface area contributed by atoms with E-state index in [-0.39, 0.29) is 29.3 Å². The van der Waals surface area contributed by atoms with E-state index in [4.69, 9.17) is 34.8 Å². The number of thiophene rings is 1. The van der Waals surface area contributed by atoms with Crippen LogP contribution in [0.1, 0.15) is 16.5 Å². The molecule has 0 bridgehead atoms. The highest BCUT2D eigenvalue weighted by Gasteiger charge is 2.30. The second-order valence-electron chi connectivity index (χ2n) is 5.09. The van der Waals surface area contributed by atoms with Crippen molar-refractivity contribution < 1.29 is 4.39 Å². The van der Waals surface area contributed by atoms with E-state index in [1.165, 1.54) is 23.5 Å². The largest absolute Gasteiger partial charge is 0.314 e. The highest BCUT2D eigenvalue weighted by atomic mass is 35.5. The predicted octanol–water partition coefficient (Wildman–Crippen LogP) is 5.26. The summed E-state index contributed by atoms with van der Waals surface area (Å²) in [5.74, 6) is -0.345. The van der Waals surface area contributed by atoms with Crippen molar-refractivity contribution in [1.29, 1.82) is 0 Å². The van der Waals surface area contributed by atoms with Gasteiger partial charge in [0.05, 0.1) is 20.4 Å². The Hall–Kier alpha value is -0.0700. The van der Waals surface area contributed by atoms with Gasteiger partial charge >= 0.3 is 0 Å². The Kier molecular flexibility index (Phi) is 6.99. The molecule has 1 atom stereocenters. The molecule has 0 aliphatic carbocycles. The van der Waals surface area contributed by atoms with Crippen LogP contribution in [0.3, 0.4) is 0 Å². The minimum Gasteiger partial charge on any atom is -0.314 e. The van der Waals surface area contributed by atoms with E-state index in [0.717, 1.165) is 31.1 Å². The van der Waals surface area contributed by atoms with Crippen LogP contribution in [0.25, 0.3) is 0 Å². The fraction of sp³-hybridized carbons (Fsp3) is 0.333. The molecule has 1 aliphatic rings. The highest BCUT2D eigenvalue weighted by molar-refractivity contribution is 7.16. The lowest BCUT2D eigenvalue weighted by Gasteiger charge is -2.35. The van der Waals surface area contributed by atoms with Gasteiger partial charge in [-0.25, -0.2) is 4.39 Å². The van der Waals surface area contributed by atoms with Crippen molar-refractivity contribution in [2.75, 3.05) is 26.2 Å². The first-order chi connectivity index (χ1) is 10.6. The summed E-state index contributed by atoms with van der Waals surface area (Å²) in [7, 11) is 0. The number of nitrogens with zero attached hydrogens (tertiary/aromatic N) is 1. The number of nitrogens with one attached hydrogen (secondary N) is 1. The molecule has 2 nitrogen and oxygen atoms in total. The fourth-order valence-corrected chi connectivity index (χ4v) is 4.34. The minimum absolute atomic E-state index is 0. The number of piperazine rings is 1. The molecule has 1 aliphatic heterocycles. The predicted molar refractivity (Wildman–Crippen MR) is 99.3 cm³/mol. The first kappa shape index (κ1) is 19.3. The van der Waals surface area contributed by atoms with Gasteiger partial charge in [-0.3, -0.25) is 4.90 Å². The van der Waals surface area contributed by atoms with Gasteiger partial charge in [0.1, 0.15) is 5.82 Å². The lowest BCUT2D eigenvalue weighted by atomic mass is 10.0. The third-order valence-electron chi connectivity index (χ3n) is 3.73. The summed E-state index contributed by atoms with van der Waals surface area (Å²) < 4.78 is 15.2. The van der Waals surface area contributed by atoms with Gasteiger partial charge in [0.2, 0.25) is 0 Å². The summed E-state index contributed by atoms with van der Waals surface area (Å²) >= 11 is 20.0. The maximum Gasteiger partial charge on any atom is 0.129 e. The van der Waals surface area contributed by atoms with Crippen molar-refractivity contribution in [2.45, 2.75) is 6.04 Å². The van der Waals surface area contributed by atoms with Crippen molar-refractivity contribution in [3.63, 3.8) is 0 Å². The Morgan fingerprint density at radius 1 is 1.09 bits per heavy atom. The summed E-state index contributed by atoms with van der Waals surface area (Å²) in [6.45, 7) is 3.33. The SMILES string of the molecule is Cl.Fc1ccc(Cl)c(Cl)c1[C@H](c1ccc(Cl)s1)N1CCNCC1. The topological polar surface area (TPSA) is 15.3 Å². The van der Waals surface area contributed by atoms with Crippen LogP contribution in [-0.2, 0) is 0 Å². The first-order valence-electron chi connectivity index (χ1n) is 6.91. The second kappa shape index (κ2) is 8.34. The number of hydrogen-bond donors (Lipinski definition) is 1. The lowest BCUT2D eigenvalue weighted by Crippen LogP contribution is -2.45. The average molecular weight is 416 g/mol. The Bertz CT molecular complexity index is 673. The molecule has 2 aromatic rings. The fourth-order valence-electron chi connectivity index (χ4n) is 2.71. The van der Waals surface area contributed by atoms with Gasteiger partial charge in [-0.1, -0.05) is 34.8 Å². The van der Waals surface area contributed by atoms with Crippen molar-refractivity contribution in [2.24, 2.45) is 0 Å². The second-order valence-corrected chi connectivity index (χ2v) is 7.62. The molecule has 1 saturated heterocycles. The van der Waals surface area contributed by atoms with Crippen molar-refractivity contribution in [3.05, 3.63) is 54.9 Å². The molecule has 23 heavy (non-hydrogen) atoms. The Morgan fingerprint density at radius 2 is 1.78 bits per heavy atom. The molecule has 2 heterocycles. The smallest absolute Gasteiger partial charge is 0.129 e. The highest BCUT2D eigenvalue weighted by Crippen LogP contribution is 2.41. The maximum atomic E-state index is 14.5. The normalized spacial score (nSPS) is 16.9. The van der Waals surface area contributed by atoms with E-state index in [9.17, 15) is 4.39 Å². The van der Waals surface area contributed by atoms with Crippen LogP contribution in [0.2, 0.25) is 14.4 Å². The molecule has 1 fully saturated rings. The number of rotatable bonds is 3. The lowest BCUT2D eigenvalue weighted by molar-refractivity contribution is 0.197. The molecule has 3 rings (SSSR count). The molecule has 126 valence electrons. The summed E-state index contributed by atoms with van der Waals surface area (Å²) in [5.41, 5.74) is 0.426. The zero-order chi connectivity index (χ0) is 15.7. The van der Waals surface area contributed by atoms with Gasteiger partial charge in [0.25, 0.3) is 0 Å². The zero-order valence-electron chi connectivity index (χ0n) is 12.0. The Balaban J connectivity index is 0.00000192. The summed E-state index contributed by atoms with van der Waals surface area (Å²) in [4.78, 5) is 3.18. The standard InChI is InChI=1S/C15H14Cl3FN2S.ClH/c16-9-1-2-10(19)13(14(9)18)15(11-3-4-12(17)22-11)21-7-5-20-6-8-21;/h1-4,15,20H,5-8H2;1H/t15-;/m0./s1. The van der Waals surface area contributed by atoms with Crippen LogP contribution in [0.4, 0.5) is 4.39 Å². The molecule has 1 aromatic carbocycles. The molecule has 0 spiro atoms. The van der Waals surface area contributed by atoms with Crippen LogP contribution in [-0.4, -0.2) is 31.1 Å². The first-order valence-corrected chi connectivity index (χ1v) is 8.86. The van der Waals surface area contributed by atoms with Gasteiger partial charge in [-0.15, -0.1) is 23.7 Å². The molecule has 1 aromatic heterocycles. The van der Waals surface area contributed by atoms with E-state index in [2.05, 4.69) is 10.2 Å². The number of halogens is 5. The van der Waals surface area contributed by atoms with Crippen molar-refractivity contribution in [3.8, 4) is 0 Å².